The largest absolute Gasteiger partial charge is 0.489 e. The Morgan fingerprint density at radius 2 is 1.80 bits per heavy atom. The first-order valence-corrected chi connectivity index (χ1v) is 6.12. The summed E-state index contributed by atoms with van der Waals surface area (Å²) in [4.78, 5) is 0. The number of fused-ring (bicyclic) bond motifs is 1. The van der Waals surface area contributed by atoms with Crippen LogP contribution in [0.3, 0.4) is 0 Å². The summed E-state index contributed by atoms with van der Waals surface area (Å²) in [6.07, 6.45) is 3.79. The fourth-order valence-electron chi connectivity index (χ4n) is 2.18. The van der Waals surface area contributed by atoms with Crippen LogP contribution in [0, 0.1) is 5.41 Å². The molecular weight excluding hydrogens is 256 g/mol. The van der Waals surface area contributed by atoms with E-state index in [2.05, 4.69) is 15.9 Å². The van der Waals surface area contributed by atoms with Crippen LogP contribution in [0.15, 0.2) is 22.7 Å². The van der Waals surface area contributed by atoms with Crippen molar-refractivity contribution in [3.63, 3.8) is 0 Å². The topological polar surface area (TPSA) is 18.5 Å². The maximum absolute atomic E-state index is 5.83. The van der Waals surface area contributed by atoms with Gasteiger partial charge in [-0.3, -0.25) is 0 Å². The summed E-state index contributed by atoms with van der Waals surface area (Å²) in [5, 5.41) is 0. The maximum atomic E-state index is 5.83. The van der Waals surface area contributed by atoms with Crippen molar-refractivity contribution in [1.82, 2.24) is 0 Å². The van der Waals surface area contributed by atoms with Crippen LogP contribution >= 0.6 is 15.9 Å². The van der Waals surface area contributed by atoms with Gasteiger partial charge in [-0.05, 0) is 31.0 Å². The Balaban J connectivity index is 1.88. The fourth-order valence-corrected chi connectivity index (χ4v) is 2.52. The Kier molecular flexibility index (Phi) is 2.16. The van der Waals surface area contributed by atoms with Crippen LogP contribution in [0.1, 0.15) is 19.3 Å². The number of ether oxygens (including phenoxy) is 2. The minimum atomic E-state index is 0.297. The summed E-state index contributed by atoms with van der Waals surface area (Å²) >= 11 is 3.44. The number of rotatable bonds is 0. The van der Waals surface area contributed by atoms with E-state index in [0.717, 1.165) is 29.2 Å². The molecule has 2 nitrogen and oxygen atoms in total. The first-order chi connectivity index (χ1) is 7.27. The van der Waals surface area contributed by atoms with Crippen molar-refractivity contribution >= 4 is 15.9 Å². The number of benzene rings is 1. The van der Waals surface area contributed by atoms with Gasteiger partial charge in [0.1, 0.15) is 0 Å². The molecule has 0 bridgehead atoms. The zero-order chi connectivity index (χ0) is 10.3. The first-order valence-electron chi connectivity index (χ1n) is 5.33. The molecule has 1 aliphatic carbocycles. The van der Waals surface area contributed by atoms with Gasteiger partial charge in [-0.1, -0.05) is 22.4 Å². The van der Waals surface area contributed by atoms with Gasteiger partial charge in [-0.15, -0.1) is 0 Å². The Hall–Kier alpha value is -0.700. The van der Waals surface area contributed by atoms with Crippen LogP contribution < -0.4 is 9.47 Å². The van der Waals surface area contributed by atoms with E-state index in [1.807, 2.05) is 18.2 Å². The highest BCUT2D eigenvalue weighted by Crippen LogP contribution is 2.45. The molecule has 3 rings (SSSR count). The maximum Gasteiger partial charge on any atom is 0.162 e. The minimum absolute atomic E-state index is 0.297. The molecule has 15 heavy (non-hydrogen) atoms. The average Bonchev–Trinajstić information content (AvgIpc) is 2.36. The summed E-state index contributed by atoms with van der Waals surface area (Å²) in [6, 6.07) is 5.94. The Morgan fingerprint density at radius 1 is 1.07 bits per heavy atom. The van der Waals surface area contributed by atoms with E-state index >= 15 is 0 Å². The second kappa shape index (κ2) is 3.41. The molecule has 1 aliphatic heterocycles. The number of hydrogen-bond donors (Lipinski definition) is 0. The van der Waals surface area contributed by atoms with Crippen LogP contribution in [-0.4, -0.2) is 13.2 Å². The zero-order valence-corrected chi connectivity index (χ0v) is 10.0. The Morgan fingerprint density at radius 3 is 2.47 bits per heavy atom. The van der Waals surface area contributed by atoms with E-state index in [1.54, 1.807) is 0 Å². The lowest BCUT2D eigenvalue weighted by molar-refractivity contribution is 0.0268. The van der Waals surface area contributed by atoms with Gasteiger partial charge in [-0.25, -0.2) is 0 Å². The fraction of sp³-hybridized carbons (Fsp3) is 0.500. The molecule has 1 saturated carbocycles. The van der Waals surface area contributed by atoms with E-state index in [9.17, 15) is 0 Å². The molecule has 1 fully saturated rings. The molecule has 1 aromatic rings. The number of hydrogen-bond acceptors (Lipinski definition) is 2. The Bertz CT molecular complexity index is 385. The molecule has 1 aromatic carbocycles. The lowest BCUT2D eigenvalue weighted by atomic mass is 9.70. The van der Waals surface area contributed by atoms with Crippen LogP contribution in [-0.2, 0) is 0 Å². The predicted octanol–water partition coefficient (Wildman–Crippen LogP) is 3.39. The summed E-state index contributed by atoms with van der Waals surface area (Å²) in [5.41, 5.74) is 0.297. The van der Waals surface area contributed by atoms with E-state index in [0.29, 0.717) is 5.41 Å². The third-order valence-corrected chi connectivity index (χ3v) is 3.88. The molecule has 0 saturated heterocycles. The molecule has 1 spiro atoms. The summed E-state index contributed by atoms with van der Waals surface area (Å²) in [6.45, 7) is 1.61. The van der Waals surface area contributed by atoms with E-state index in [1.165, 1.54) is 19.3 Å². The molecule has 0 unspecified atom stereocenters. The summed E-state index contributed by atoms with van der Waals surface area (Å²) < 4.78 is 12.7. The standard InChI is InChI=1S/C12H13BrO2/c13-9-2-3-10-11(6-9)15-8-12(7-14-10)4-1-5-12/h2-3,6H,1,4-5,7-8H2. The summed E-state index contributed by atoms with van der Waals surface area (Å²) in [5.74, 6) is 1.75. The molecule has 0 atom stereocenters. The smallest absolute Gasteiger partial charge is 0.162 e. The predicted molar refractivity (Wildman–Crippen MR) is 61.4 cm³/mol. The van der Waals surface area contributed by atoms with Gasteiger partial charge in [0.25, 0.3) is 0 Å². The van der Waals surface area contributed by atoms with E-state index < -0.39 is 0 Å². The van der Waals surface area contributed by atoms with Crippen LogP contribution in [0.25, 0.3) is 0 Å². The van der Waals surface area contributed by atoms with Crippen LogP contribution in [0.4, 0.5) is 0 Å². The quantitative estimate of drug-likeness (QED) is 0.718. The minimum Gasteiger partial charge on any atom is -0.489 e. The molecule has 80 valence electrons. The zero-order valence-electron chi connectivity index (χ0n) is 8.46. The van der Waals surface area contributed by atoms with Crippen molar-refractivity contribution in [2.24, 2.45) is 5.41 Å². The van der Waals surface area contributed by atoms with Gasteiger partial charge in [0.15, 0.2) is 11.5 Å². The third-order valence-electron chi connectivity index (χ3n) is 3.39. The third kappa shape index (κ3) is 1.63. The van der Waals surface area contributed by atoms with Crippen molar-refractivity contribution in [1.29, 1.82) is 0 Å². The van der Waals surface area contributed by atoms with Gasteiger partial charge >= 0.3 is 0 Å². The highest BCUT2D eigenvalue weighted by molar-refractivity contribution is 9.10. The molecule has 0 amide bonds. The van der Waals surface area contributed by atoms with Crippen molar-refractivity contribution in [2.45, 2.75) is 19.3 Å². The molecule has 0 radical (unpaired) electrons. The lowest BCUT2D eigenvalue weighted by Gasteiger charge is -2.39. The van der Waals surface area contributed by atoms with Crippen LogP contribution in [0.5, 0.6) is 11.5 Å². The van der Waals surface area contributed by atoms with Crippen LogP contribution in [0.2, 0.25) is 0 Å². The normalized spacial score (nSPS) is 21.9. The second-order valence-corrected chi connectivity index (χ2v) is 5.44. The summed E-state index contributed by atoms with van der Waals surface area (Å²) in [7, 11) is 0. The molecule has 2 aliphatic rings. The van der Waals surface area contributed by atoms with Crippen molar-refractivity contribution in [3.8, 4) is 11.5 Å². The molecule has 0 N–H and O–H groups in total. The second-order valence-electron chi connectivity index (χ2n) is 4.52. The lowest BCUT2D eigenvalue weighted by Crippen LogP contribution is -2.39. The van der Waals surface area contributed by atoms with E-state index in [4.69, 9.17) is 9.47 Å². The van der Waals surface area contributed by atoms with E-state index in [-0.39, 0.29) is 0 Å². The van der Waals surface area contributed by atoms with Gasteiger partial charge in [0, 0.05) is 9.89 Å². The first kappa shape index (κ1) is 9.52. The highest BCUT2D eigenvalue weighted by Gasteiger charge is 2.40. The molecule has 3 heteroatoms. The SMILES string of the molecule is Brc1ccc2c(c1)OCC1(CCC1)CO2. The van der Waals surface area contributed by atoms with Crippen molar-refractivity contribution < 1.29 is 9.47 Å². The molecular formula is C12H13BrO2. The average molecular weight is 269 g/mol. The van der Waals surface area contributed by atoms with Gasteiger partial charge in [0.05, 0.1) is 13.2 Å². The van der Waals surface area contributed by atoms with Crippen molar-refractivity contribution in [2.75, 3.05) is 13.2 Å². The van der Waals surface area contributed by atoms with Gasteiger partial charge in [0.2, 0.25) is 0 Å². The van der Waals surface area contributed by atoms with Gasteiger partial charge in [-0.2, -0.15) is 0 Å². The molecule has 0 aromatic heterocycles. The Labute approximate surface area is 97.7 Å². The highest BCUT2D eigenvalue weighted by atomic mass is 79.9. The van der Waals surface area contributed by atoms with Crippen molar-refractivity contribution in [3.05, 3.63) is 22.7 Å². The number of halogens is 1. The monoisotopic (exact) mass is 268 g/mol. The van der Waals surface area contributed by atoms with Gasteiger partial charge < -0.3 is 9.47 Å². The molecule has 1 heterocycles.